The second-order valence-electron chi connectivity index (χ2n) is 5.56. The van der Waals surface area contributed by atoms with Crippen molar-refractivity contribution in [2.75, 3.05) is 7.05 Å². The van der Waals surface area contributed by atoms with Gasteiger partial charge in [-0.15, -0.1) is 0 Å². The average molecular weight is 279 g/mol. The van der Waals surface area contributed by atoms with E-state index in [-0.39, 0.29) is 5.91 Å². The van der Waals surface area contributed by atoms with Gasteiger partial charge in [-0.25, -0.2) is 4.79 Å². The van der Waals surface area contributed by atoms with E-state index in [9.17, 15) is 14.7 Å². The number of rotatable bonds is 3. The van der Waals surface area contributed by atoms with Crippen molar-refractivity contribution in [2.24, 2.45) is 7.05 Å². The zero-order valence-electron chi connectivity index (χ0n) is 12.2. The number of carbonyl (C=O) groups excluding carboxylic acids is 1. The van der Waals surface area contributed by atoms with Crippen molar-refractivity contribution in [1.82, 2.24) is 14.7 Å². The first-order valence-corrected chi connectivity index (χ1v) is 6.90. The van der Waals surface area contributed by atoms with Gasteiger partial charge in [-0.3, -0.25) is 9.48 Å². The number of carboxylic acids is 1. The molecule has 1 amide bonds. The Morgan fingerprint density at radius 2 is 1.95 bits per heavy atom. The smallest absolute Gasteiger partial charge is 0.329 e. The quantitative estimate of drug-likeness (QED) is 0.911. The van der Waals surface area contributed by atoms with Crippen molar-refractivity contribution >= 4 is 11.9 Å². The van der Waals surface area contributed by atoms with Gasteiger partial charge in [-0.1, -0.05) is 19.3 Å². The highest BCUT2D eigenvalue weighted by atomic mass is 16.4. The zero-order valence-corrected chi connectivity index (χ0v) is 12.2. The Labute approximate surface area is 118 Å². The third kappa shape index (κ3) is 2.30. The molecule has 6 nitrogen and oxygen atoms in total. The largest absolute Gasteiger partial charge is 0.479 e. The summed E-state index contributed by atoms with van der Waals surface area (Å²) in [5.74, 6) is -1.17. The third-order valence-corrected chi connectivity index (χ3v) is 4.27. The molecule has 1 aliphatic rings. The number of nitrogens with zero attached hydrogens (tertiary/aromatic N) is 3. The number of carboxylic acid groups (broad SMARTS) is 1. The highest BCUT2D eigenvalue weighted by molar-refractivity contribution is 5.98. The average Bonchev–Trinajstić information content (AvgIpc) is 2.76. The molecular formula is C14H21N3O3. The van der Waals surface area contributed by atoms with Crippen molar-refractivity contribution in [3.05, 3.63) is 17.5 Å². The number of aliphatic carboxylic acids is 1. The van der Waals surface area contributed by atoms with Crippen LogP contribution in [0.2, 0.25) is 0 Å². The molecule has 1 N–H and O–H groups in total. The van der Waals surface area contributed by atoms with Crippen LogP contribution in [0.25, 0.3) is 0 Å². The molecule has 0 spiro atoms. The minimum Gasteiger partial charge on any atom is -0.479 e. The fourth-order valence-electron chi connectivity index (χ4n) is 3.01. The van der Waals surface area contributed by atoms with Gasteiger partial charge in [0, 0.05) is 20.3 Å². The SMILES string of the molecule is Cc1nn(C)cc1C(=O)N(C)C1(C(=O)O)CCCCC1. The van der Waals surface area contributed by atoms with Gasteiger partial charge in [0.05, 0.1) is 11.3 Å². The molecular weight excluding hydrogens is 258 g/mol. The van der Waals surface area contributed by atoms with E-state index in [0.29, 0.717) is 24.1 Å². The molecule has 0 radical (unpaired) electrons. The Hall–Kier alpha value is -1.85. The Balaban J connectivity index is 2.32. The number of carbonyl (C=O) groups is 2. The lowest BCUT2D eigenvalue weighted by Gasteiger charge is -2.40. The van der Waals surface area contributed by atoms with Gasteiger partial charge in [0.2, 0.25) is 0 Å². The Morgan fingerprint density at radius 1 is 1.35 bits per heavy atom. The molecule has 20 heavy (non-hydrogen) atoms. The molecule has 0 unspecified atom stereocenters. The predicted molar refractivity (Wildman–Crippen MR) is 73.5 cm³/mol. The maximum absolute atomic E-state index is 12.6. The van der Waals surface area contributed by atoms with Crippen molar-refractivity contribution in [3.8, 4) is 0 Å². The number of hydrogen-bond donors (Lipinski definition) is 1. The van der Waals surface area contributed by atoms with Crippen molar-refractivity contribution in [3.63, 3.8) is 0 Å². The first kappa shape index (κ1) is 14.6. The maximum atomic E-state index is 12.6. The summed E-state index contributed by atoms with van der Waals surface area (Å²) in [7, 11) is 3.34. The monoisotopic (exact) mass is 279 g/mol. The Bertz CT molecular complexity index is 530. The summed E-state index contributed by atoms with van der Waals surface area (Å²) in [5.41, 5.74) is 0.0272. The van der Waals surface area contributed by atoms with Gasteiger partial charge in [0.15, 0.2) is 0 Å². The van der Waals surface area contributed by atoms with Crippen LogP contribution >= 0.6 is 0 Å². The molecule has 110 valence electrons. The van der Waals surface area contributed by atoms with E-state index in [4.69, 9.17) is 0 Å². The Kier molecular flexibility index (Phi) is 3.83. The molecule has 6 heteroatoms. The van der Waals surface area contributed by atoms with Crippen LogP contribution in [-0.4, -0.2) is 44.3 Å². The zero-order chi connectivity index (χ0) is 14.9. The summed E-state index contributed by atoms with van der Waals surface area (Å²) >= 11 is 0. The number of amides is 1. The predicted octanol–water partition coefficient (Wildman–Crippen LogP) is 1.59. The normalized spacial score (nSPS) is 17.8. The molecule has 0 atom stereocenters. The highest BCUT2D eigenvalue weighted by Crippen LogP contribution is 2.34. The van der Waals surface area contributed by atoms with Gasteiger partial charge in [0.25, 0.3) is 5.91 Å². The summed E-state index contributed by atoms with van der Waals surface area (Å²) in [6.45, 7) is 1.76. The fourth-order valence-corrected chi connectivity index (χ4v) is 3.01. The minimum absolute atomic E-state index is 0.264. The molecule has 1 heterocycles. The minimum atomic E-state index is -1.07. The molecule has 0 bridgehead atoms. The van der Waals surface area contributed by atoms with Crippen molar-refractivity contribution in [1.29, 1.82) is 0 Å². The molecule has 1 aromatic heterocycles. The van der Waals surface area contributed by atoms with Gasteiger partial charge < -0.3 is 10.0 Å². The molecule has 0 aliphatic heterocycles. The van der Waals surface area contributed by atoms with Crippen LogP contribution in [0.5, 0.6) is 0 Å². The van der Waals surface area contributed by atoms with Crippen LogP contribution < -0.4 is 0 Å². The van der Waals surface area contributed by atoms with E-state index < -0.39 is 11.5 Å². The molecule has 1 aliphatic carbocycles. The highest BCUT2D eigenvalue weighted by Gasteiger charge is 2.45. The van der Waals surface area contributed by atoms with E-state index in [1.54, 1.807) is 31.9 Å². The lowest BCUT2D eigenvalue weighted by molar-refractivity contribution is -0.151. The molecule has 2 rings (SSSR count). The first-order chi connectivity index (χ1) is 9.38. The molecule has 0 saturated heterocycles. The van der Waals surface area contributed by atoms with Crippen LogP contribution in [0.4, 0.5) is 0 Å². The van der Waals surface area contributed by atoms with Gasteiger partial charge >= 0.3 is 5.97 Å². The molecule has 1 aromatic rings. The number of likely N-dealkylation sites (N-methyl/N-ethyl adjacent to an activating group) is 1. The summed E-state index contributed by atoms with van der Waals surface area (Å²) < 4.78 is 1.57. The molecule has 1 fully saturated rings. The van der Waals surface area contributed by atoms with Crippen molar-refractivity contribution < 1.29 is 14.7 Å². The molecule has 0 aromatic carbocycles. The van der Waals surface area contributed by atoms with Crippen LogP contribution in [0, 0.1) is 6.92 Å². The van der Waals surface area contributed by atoms with E-state index in [1.807, 2.05) is 0 Å². The summed E-state index contributed by atoms with van der Waals surface area (Å²) in [5, 5.41) is 13.8. The van der Waals surface area contributed by atoms with E-state index in [0.717, 1.165) is 19.3 Å². The lowest BCUT2D eigenvalue weighted by atomic mass is 9.80. The number of aryl methyl sites for hydroxylation is 2. The summed E-state index contributed by atoms with van der Waals surface area (Å²) in [6, 6.07) is 0. The van der Waals surface area contributed by atoms with E-state index in [1.165, 1.54) is 4.90 Å². The second-order valence-corrected chi connectivity index (χ2v) is 5.56. The number of aromatic nitrogens is 2. The summed E-state index contributed by atoms with van der Waals surface area (Å²) in [4.78, 5) is 25.7. The maximum Gasteiger partial charge on any atom is 0.329 e. The standard InChI is InChI=1S/C14H21N3O3/c1-10-11(9-16(2)15-10)12(18)17(3)14(13(19)20)7-5-4-6-8-14/h9H,4-8H2,1-3H3,(H,19,20). The first-order valence-electron chi connectivity index (χ1n) is 6.90. The van der Waals surface area contributed by atoms with Gasteiger partial charge in [-0.05, 0) is 19.8 Å². The third-order valence-electron chi connectivity index (χ3n) is 4.27. The summed E-state index contributed by atoms with van der Waals surface area (Å²) in [6.07, 6.45) is 5.40. The van der Waals surface area contributed by atoms with Crippen LogP contribution in [0.15, 0.2) is 6.20 Å². The molecule has 1 saturated carbocycles. The van der Waals surface area contributed by atoms with Crippen LogP contribution in [0.3, 0.4) is 0 Å². The van der Waals surface area contributed by atoms with E-state index >= 15 is 0 Å². The van der Waals surface area contributed by atoms with Crippen LogP contribution in [-0.2, 0) is 11.8 Å². The lowest BCUT2D eigenvalue weighted by Crippen LogP contribution is -2.56. The van der Waals surface area contributed by atoms with Crippen LogP contribution in [0.1, 0.15) is 48.2 Å². The second kappa shape index (κ2) is 5.26. The Morgan fingerprint density at radius 3 is 2.40 bits per heavy atom. The van der Waals surface area contributed by atoms with Crippen molar-refractivity contribution in [2.45, 2.75) is 44.6 Å². The number of hydrogen-bond acceptors (Lipinski definition) is 3. The fraction of sp³-hybridized carbons (Fsp3) is 0.643. The van der Waals surface area contributed by atoms with Gasteiger partial charge in [0.1, 0.15) is 5.54 Å². The topological polar surface area (TPSA) is 75.4 Å². The van der Waals surface area contributed by atoms with E-state index in [2.05, 4.69) is 5.10 Å². The van der Waals surface area contributed by atoms with Gasteiger partial charge in [-0.2, -0.15) is 5.10 Å².